The summed E-state index contributed by atoms with van der Waals surface area (Å²) < 4.78 is 18.2. The average molecular weight is 246 g/mol. The lowest BCUT2D eigenvalue weighted by Gasteiger charge is -1.98. The van der Waals surface area contributed by atoms with E-state index in [1.807, 2.05) is 0 Å². The van der Waals surface area contributed by atoms with Gasteiger partial charge in [-0.15, -0.1) is 0 Å². The first kappa shape index (κ1) is 11.7. The van der Waals surface area contributed by atoms with Gasteiger partial charge in [0.05, 0.1) is 5.56 Å². The zero-order valence-corrected chi connectivity index (χ0v) is 9.27. The lowest BCUT2D eigenvalue weighted by atomic mass is 10.1. The number of aromatic nitrogens is 2. The number of amides is 1. The van der Waals surface area contributed by atoms with Gasteiger partial charge in [0.1, 0.15) is 17.4 Å². The second-order valence-electron chi connectivity index (χ2n) is 3.28. The van der Waals surface area contributed by atoms with Gasteiger partial charge >= 0.3 is 0 Å². The summed E-state index contributed by atoms with van der Waals surface area (Å²) in [5.41, 5.74) is -0.0511. The Morgan fingerprint density at radius 1 is 1.56 bits per heavy atom. The third kappa shape index (κ3) is 1.91. The van der Waals surface area contributed by atoms with Gasteiger partial charge in [-0.1, -0.05) is 11.2 Å². The van der Waals surface area contributed by atoms with Crippen LogP contribution >= 0.6 is 0 Å². The molecule has 1 heterocycles. The van der Waals surface area contributed by atoms with Crippen LogP contribution in [0.3, 0.4) is 0 Å². The van der Waals surface area contributed by atoms with Crippen LogP contribution in [0, 0.1) is 17.1 Å². The summed E-state index contributed by atoms with van der Waals surface area (Å²) in [5.74, 6) is -1.47. The Labute approximate surface area is 101 Å². The van der Waals surface area contributed by atoms with Crippen molar-refractivity contribution in [3.05, 3.63) is 35.4 Å². The summed E-state index contributed by atoms with van der Waals surface area (Å²) in [4.78, 5) is 15.0. The van der Waals surface area contributed by atoms with E-state index in [0.29, 0.717) is 0 Å². The highest BCUT2D eigenvalue weighted by Crippen LogP contribution is 2.23. The van der Waals surface area contributed by atoms with Crippen molar-refractivity contribution in [2.24, 2.45) is 0 Å². The molecule has 1 aromatic carbocycles. The molecule has 2 aromatic rings. The summed E-state index contributed by atoms with van der Waals surface area (Å²) in [6.45, 7) is 0. The summed E-state index contributed by atoms with van der Waals surface area (Å²) in [6.07, 6.45) is 0. The number of halogens is 1. The molecule has 2 rings (SSSR count). The first-order valence-corrected chi connectivity index (χ1v) is 4.92. The Hall–Kier alpha value is -2.75. The van der Waals surface area contributed by atoms with Crippen molar-refractivity contribution in [1.29, 1.82) is 5.26 Å². The molecule has 6 nitrogen and oxygen atoms in total. The molecule has 0 atom stereocenters. The average Bonchev–Trinajstić information content (AvgIpc) is 2.87. The van der Waals surface area contributed by atoms with Crippen molar-refractivity contribution < 1.29 is 13.7 Å². The molecule has 0 saturated carbocycles. The highest BCUT2D eigenvalue weighted by Gasteiger charge is 2.18. The highest BCUT2D eigenvalue weighted by molar-refractivity contribution is 5.90. The summed E-state index contributed by atoms with van der Waals surface area (Å²) >= 11 is 0. The van der Waals surface area contributed by atoms with Crippen LogP contribution in [0.15, 0.2) is 22.7 Å². The van der Waals surface area contributed by atoms with E-state index in [0.717, 1.165) is 6.07 Å². The van der Waals surface area contributed by atoms with Gasteiger partial charge in [0.15, 0.2) is 0 Å². The van der Waals surface area contributed by atoms with Crippen LogP contribution in [-0.4, -0.2) is 23.1 Å². The predicted molar refractivity (Wildman–Crippen MR) is 57.8 cm³/mol. The van der Waals surface area contributed by atoms with E-state index < -0.39 is 11.7 Å². The molecule has 1 aromatic heterocycles. The van der Waals surface area contributed by atoms with E-state index >= 15 is 0 Å². The largest absolute Gasteiger partial charge is 0.352 e. The minimum absolute atomic E-state index is 0.0790. The van der Waals surface area contributed by atoms with E-state index in [1.165, 1.54) is 19.2 Å². The normalized spacial score (nSPS) is 9.83. The fourth-order valence-electron chi connectivity index (χ4n) is 1.35. The SMILES string of the molecule is CNC(=O)c1noc(-c2cccc(F)c2C#N)n1. The van der Waals surface area contributed by atoms with Gasteiger partial charge in [0, 0.05) is 7.05 Å². The number of benzene rings is 1. The van der Waals surface area contributed by atoms with Gasteiger partial charge in [-0.05, 0) is 12.1 Å². The van der Waals surface area contributed by atoms with E-state index in [9.17, 15) is 9.18 Å². The number of hydrogen-bond acceptors (Lipinski definition) is 5. The Balaban J connectivity index is 2.50. The van der Waals surface area contributed by atoms with Crippen molar-refractivity contribution in [2.45, 2.75) is 0 Å². The smallest absolute Gasteiger partial charge is 0.292 e. The maximum absolute atomic E-state index is 13.4. The van der Waals surface area contributed by atoms with Gasteiger partial charge < -0.3 is 9.84 Å². The first-order valence-electron chi connectivity index (χ1n) is 4.92. The Morgan fingerprint density at radius 2 is 2.33 bits per heavy atom. The Kier molecular flexibility index (Phi) is 3.02. The monoisotopic (exact) mass is 246 g/mol. The summed E-state index contributed by atoms with van der Waals surface area (Å²) in [6, 6.07) is 5.74. The highest BCUT2D eigenvalue weighted by atomic mass is 19.1. The maximum atomic E-state index is 13.4. The van der Waals surface area contributed by atoms with Crippen molar-refractivity contribution in [1.82, 2.24) is 15.5 Å². The zero-order chi connectivity index (χ0) is 13.1. The second-order valence-corrected chi connectivity index (χ2v) is 3.28. The van der Waals surface area contributed by atoms with Crippen molar-refractivity contribution in [2.75, 3.05) is 7.05 Å². The standard InChI is InChI=1S/C11H7FN4O2/c1-14-10(17)9-15-11(18-16-9)6-3-2-4-8(12)7(6)5-13/h2-4H,1H3,(H,14,17). The molecular weight excluding hydrogens is 239 g/mol. The fraction of sp³-hybridized carbons (Fsp3) is 0.0909. The number of rotatable bonds is 2. The van der Waals surface area contributed by atoms with Crippen molar-refractivity contribution in [3.8, 4) is 17.5 Å². The third-order valence-corrected chi connectivity index (χ3v) is 2.21. The number of carbonyl (C=O) groups excluding carboxylic acids is 1. The molecule has 0 aliphatic heterocycles. The zero-order valence-electron chi connectivity index (χ0n) is 9.27. The molecule has 0 spiro atoms. The third-order valence-electron chi connectivity index (χ3n) is 2.21. The van der Waals surface area contributed by atoms with E-state index in [2.05, 4.69) is 15.5 Å². The molecule has 0 unspecified atom stereocenters. The van der Waals surface area contributed by atoms with E-state index in [-0.39, 0.29) is 22.8 Å². The summed E-state index contributed by atoms with van der Waals surface area (Å²) in [7, 11) is 1.42. The van der Waals surface area contributed by atoms with E-state index in [1.54, 1.807) is 6.07 Å². The quantitative estimate of drug-likeness (QED) is 0.856. The number of nitriles is 1. The lowest BCUT2D eigenvalue weighted by molar-refractivity contribution is 0.0950. The molecule has 18 heavy (non-hydrogen) atoms. The minimum Gasteiger partial charge on any atom is -0.352 e. The van der Waals surface area contributed by atoms with Gasteiger partial charge in [0.25, 0.3) is 17.6 Å². The van der Waals surface area contributed by atoms with Gasteiger partial charge in [-0.2, -0.15) is 10.2 Å². The molecule has 1 N–H and O–H groups in total. The van der Waals surface area contributed by atoms with Gasteiger partial charge in [-0.3, -0.25) is 4.79 Å². The number of nitrogens with one attached hydrogen (secondary N) is 1. The second kappa shape index (κ2) is 4.63. The number of nitrogens with zero attached hydrogens (tertiary/aromatic N) is 3. The molecule has 90 valence electrons. The Morgan fingerprint density at radius 3 is 3.00 bits per heavy atom. The lowest BCUT2D eigenvalue weighted by Crippen LogP contribution is -2.19. The molecule has 1 amide bonds. The van der Waals surface area contributed by atoms with Crippen LogP contribution < -0.4 is 5.32 Å². The summed E-state index contributed by atoms with van der Waals surface area (Å²) in [5, 5.41) is 14.6. The molecule has 0 fully saturated rings. The fourth-order valence-corrected chi connectivity index (χ4v) is 1.35. The Bertz CT molecular complexity index is 645. The molecule has 0 aliphatic carbocycles. The molecular formula is C11H7FN4O2. The van der Waals surface area contributed by atoms with Crippen molar-refractivity contribution in [3.63, 3.8) is 0 Å². The minimum atomic E-state index is -0.685. The maximum Gasteiger partial charge on any atom is 0.292 e. The first-order chi connectivity index (χ1) is 8.67. The topological polar surface area (TPSA) is 91.8 Å². The van der Waals surface area contributed by atoms with Crippen LogP contribution in [0.5, 0.6) is 0 Å². The number of hydrogen-bond donors (Lipinski definition) is 1. The van der Waals surface area contributed by atoms with Crippen LogP contribution in [0.4, 0.5) is 4.39 Å². The van der Waals surface area contributed by atoms with Crippen molar-refractivity contribution >= 4 is 5.91 Å². The van der Waals surface area contributed by atoms with Crippen LogP contribution in [0.2, 0.25) is 0 Å². The van der Waals surface area contributed by atoms with Gasteiger partial charge in [0.2, 0.25) is 0 Å². The van der Waals surface area contributed by atoms with Crippen LogP contribution in [0.1, 0.15) is 16.2 Å². The molecule has 0 radical (unpaired) electrons. The molecule has 0 aliphatic rings. The van der Waals surface area contributed by atoms with Crippen LogP contribution in [-0.2, 0) is 0 Å². The van der Waals surface area contributed by atoms with Gasteiger partial charge in [-0.25, -0.2) is 4.39 Å². The molecule has 0 bridgehead atoms. The number of carbonyl (C=O) groups is 1. The van der Waals surface area contributed by atoms with E-state index in [4.69, 9.17) is 9.78 Å². The molecule has 0 saturated heterocycles. The molecule has 7 heteroatoms. The predicted octanol–water partition coefficient (Wildman–Crippen LogP) is 1.11. The van der Waals surface area contributed by atoms with Crippen LogP contribution in [0.25, 0.3) is 11.5 Å².